The molecule has 3 saturated heterocycles. The largest absolute Gasteiger partial charge is 0.460 e. The van der Waals surface area contributed by atoms with Crippen LogP contribution in [0.3, 0.4) is 0 Å². The summed E-state index contributed by atoms with van der Waals surface area (Å²) in [6.07, 6.45) is 4.11. The average molecular weight is 198 g/mol. The van der Waals surface area contributed by atoms with E-state index in [1.807, 2.05) is 0 Å². The van der Waals surface area contributed by atoms with Gasteiger partial charge in [-0.05, 0) is 19.3 Å². The Morgan fingerprint density at radius 2 is 1.71 bits per heavy atom. The van der Waals surface area contributed by atoms with Gasteiger partial charge in [0.25, 0.3) is 0 Å². The van der Waals surface area contributed by atoms with Crippen LogP contribution in [-0.2, 0) is 19.0 Å². The summed E-state index contributed by atoms with van der Waals surface area (Å²) in [6, 6.07) is 0. The highest BCUT2D eigenvalue weighted by molar-refractivity contribution is 5.71. The topological polar surface area (TPSA) is 48.1 Å². The maximum absolute atomic E-state index is 10.9. The van der Waals surface area contributed by atoms with Gasteiger partial charge in [-0.15, -0.1) is 0 Å². The summed E-state index contributed by atoms with van der Waals surface area (Å²) in [5, 5.41) is 0. The number of hydrogen-bond donors (Lipinski definition) is 0. The van der Waals surface area contributed by atoms with Gasteiger partial charge in [0.05, 0.1) is 18.8 Å². The molecule has 0 saturated carbocycles. The van der Waals surface area contributed by atoms with Crippen LogP contribution in [0.1, 0.15) is 25.7 Å². The highest BCUT2D eigenvalue weighted by Crippen LogP contribution is 2.33. The van der Waals surface area contributed by atoms with E-state index in [1.54, 1.807) is 0 Å². The zero-order valence-corrected chi connectivity index (χ0v) is 7.98. The summed E-state index contributed by atoms with van der Waals surface area (Å²) in [7, 11) is 0. The van der Waals surface area contributed by atoms with E-state index < -0.39 is 0 Å². The zero-order valence-electron chi connectivity index (χ0n) is 7.98. The molecule has 0 amide bonds. The zero-order chi connectivity index (χ0) is 9.54. The molecule has 0 aromatic heterocycles. The van der Waals surface area contributed by atoms with Gasteiger partial charge in [-0.1, -0.05) is 0 Å². The molecule has 3 aliphatic rings. The molecule has 0 aromatic rings. The molecule has 0 radical (unpaired) electrons. The van der Waals surface area contributed by atoms with E-state index in [0.29, 0.717) is 12.5 Å². The first kappa shape index (κ1) is 8.68. The normalized spacial score (nSPS) is 46.7. The molecule has 4 atom stereocenters. The molecule has 0 spiro atoms. The lowest BCUT2D eigenvalue weighted by Gasteiger charge is -2.17. The van der Waals surface area contributed by atoms with Crippen molar-refractivity contribution in [2.45, 2.75) is 50.1 Å². The van der Waals surface area contributed by atoms with Crippen LogP contribution in [0.2, 0.25) is 0 Å². The standard InChI is InChI=1S/C10H14O4/c11-10-4-3-7(14-10)6-1-2-8(13-6)9-5-12-9/h6-9H,1-5H2/t6-,7-,8+,9+/m0/s1. The van der Waals surface area contributed by atoms with E-state index in [2.05, 4.69) is 0 Å². The fourth-order valence-electron chi connectivity index (χ4n) is 2.31. The van der Waals surface area contributed by atoms with E-state index in [0.717, 1.165) is 25.9 Å². The Labute approximate surface area is 82.5 Å². The van der Waals surface area contributed by atoms with Crippen molar-refractivity contribution >= 4 is 5.97 Å². The Kier molecular flexibility index (Phi) is 1.99. The second kappa shape index (κ2) is 3.21. The molecule has 3 heterocycles. The van der Waals surface area contributed by atoms with Crippen molar-refractivity contribution in [2.75, 3.05) is 6.61 Å². The van der Waals surface area contributed by atoms with Crippen molar-refractivity contribution in [2.24, 2.45) is 0 Å². The first-order chi connectivity index (χ1) is 6.83. The Morgan fingerprint density at radius 1 is 1.00 bits per heavy atom. The van der Waals surface area contributed by atoms with Crippen LogP contribution in [0.4, 0.5) is 0 Å². The third-order valence-corrected chi connectivity index (χ3v) is 3.19. The highest BCUT2D eigenvalue weighted by Gasteiger charge is 2.43. The number of hydrogen-bond acceptors (Lipinski definition) is 4. The molecular formula is C10H14O4. The number of rotatable bonds is 2. The van der Waals surface area contributed by atoms with Crippen molar-refractivity contribution in [3.8, 4) is 0 Å². The van der Waals surface area contributed by atoms with Gasteiger partial charge < -0.3 is 14.2 Å². The predicted octanol–water partition coefficient (Wildman–Crippen LogP) is 0.638. The minimum Gasteiger partial charge on any atom is -0.460 e. The molecule has 14 heavy (non-hydrogen) atoms. The lowest BCUT2D eigenvalue weighted by atomic mass is 10.1. The fraction of sp³-hybridized carbons (Fsp3) is 0.900. The molecule has 0 unspecified atom stereocenters. The summed E-state index contributed by atoms with van der Waals surface area (Å²) < 4.78 is 16.2. The second-order valence-electron chi connectivity index (χ2n) is 4.23. The van der Waals surface area contributed by atoms with Crippen LogP contribution < -0.4 is 0 Å². The number of carbonyl (C=O) groups excluding carboxylic acids is 1. The first-order valence-electron chi connectivity index (χ1n) is 5.29. The van der Waals surface area contributed by atoms with Crippen LogP contribution >= 0.6 is 0 Å². The minimum atomic E-state index is -0.0790. The molecule has 4 nitrogen and oxygen atoms in total. The molecule has 3 rings (SSSR count). The van der Waals surface area contributed by atoms with E-state index in [1.165, 1.54) is 0 Å². The summed E-state index contributed by atoms with van der Waals surface area (Å²) in [5.41, 5.74) is 0. The maximum Gasteiger partial charge on any atom is 0.306 e. The number of carbonyl (C=O) groups is 1. The molecule has 0 aliphatic carbocycles. The summed E-state index contributed by atoms with van der Waals surface area (Å²) >= 11 is 0. The highest BCUT2D eigenvalue weighted by atomic mass is 16.6. The van der Waals surface area contributed by atoms with Crippen molar-refractivity contribution < 1.29 is 19.0 Å². The maximum atomic E-state index is 10.9. The van der Waals surface area contributed by atoms with Gasteiger partial charge in [-0.25, -0.2) is 0 Å². The summed E-state index contributed by atoms with van der Waals surface area (Å²) in [5.74, 6) is -0.0790. The number of epoxide rings is 1. The molecule has 0 N–H and O–H groups in total. The molecule has 78 valence electrons. The monoisotopic (exact) mass is 198 g/mol. The van der Waals surface area contributed by atoms with Gasteiger partial charge in [0, 0.05) is 6.42 Å². The quantitative estimate of drug-likeness (QED) is 0.482. The Hall–Kier alpha value is -0.610. The molecule has 3 aliphatic heterocycles. The van der Waals surface area contributed by atoms with Crippen LogP contribution in [0, 0.1) is 0 Å². The smallest absolute Gasteiger partial charge is 0.306 e. The van der Waals surface area contributed by atoms with E-state index in [9.17, 15) is 4.79 Å². The van der Waals surface area contributed by atoms with Gasteiger partial charge >= 0.3 is 5.97 Å². The lowest BCUT2D eigenvalue weighted by Crippen LogP contribution is -2.27. The number of esters is 1. The first-order valence-corrected chi connectivity index (χ1v) is 5.29. The third-order valence-electron chi connectivity index (χ3n) is 3.19. The SMILES string of the molecule is O=C1CC[C@@H]([C@@H]2CC[C@H]([C@H]3CO3)O2)O1. The van der Waals surface area contributed by atoms with Crippen molar-refractivity contribution in [1.82, 2.24) is 0 Å². The number of ether oxygens (including phenoxy) is 3. The van der Waals surface area contributed by atoms with Crippen molar-refractivity contribution in [1.29, 1.82) is 0 Å². The molecule has 4 heteroatoms. The molecule has 3 fully saturated rings. The Balaban J connectivity index is 1.56. The molecule has 0 bridgehead atoms. The Morgan fingerprint density at radius 3 is 2.29 bits per heavy atom. The van der Waals surface area contributed by atoms with Crippen LogP contribution in [-0.4, -0.2) is 37.0 Å². The molecular weight excluding hydrogens is 184 g/mol. The minimum absolute atomic E-state index is 0.00579. The second-order valence-corrected chi connectivity index (χ2v) is 4.23. The number of cyclic esters (lactones) is 1. The summed E-state index contributed by atoms with van der Waals surface area (Å²) in [4.78, 5) is 10.9. The van der Waals surface area contributed by atoms with Gasteiger partial charge in [0.2, 0.25) is 0 Å². The summed E-state index contributed by atoms with van der Waals surface area (Å²) in [6.45, 7) is 0.835. The van der Waals surface area contributed by atoms with Gasteiger partial charge in [0.15, 0.2) is 0 Å². The average Bonchev–Trinajstić information content (AvgIpc) is 2.76. The van der Waals surface area contributed by atoms with Gasteiger partial charge in [0.1, 0.15) is 12.2 Å². The van der Waals surface area contributed by atoms with Crippen LogP contribution in [0.5, 0.6) is 0 Å². The van der Waals surface area contributed by atoms with E-state index in [-0.39, 0.29) is 24.3 Å². The lowest BCUT2D eigenvalue weighted by molar-refractivity contribution is -0.147. The van der Waals surface area contributed by atoms with Crippen LogP contribution in [0.25, 0.3) is 0 Å². The third kappa shape index (κ3) is 1.53. The molecule has 0 aromatic carbocycles. The predicted molar refractivity (Wildman–Crippen MR) is 46.7 cm³/mol. The van der Waals surface area contributed by atoms with Crippen molar-refractivity contribution in [3.05, 3.63) is 0 Å². The van der Waals surface area contributed by atoms with Gasteiger partial charge in [-0.2, -0.15) is 0 Å². The van der Waals surface area contributed by atoms with Gasteiger partial charge in [-0.3, -0.25) is 4.79 Å². The van der Waals surface area contributed by atoms with Crippen LogP contribution in [0.15, 0.2) is 0 Å². The van der Waals surface area contributed by atoms with E-state index in [4.69, 9.17) is 14.2 Å². The Bertz CT molecular complexity index is 249. The van der Waals surface area contributed by atoms with Crippen molar-refractivity contribution in [3.63, 3.8) is 0 Å². The fourth-order valence-corrected chi connectivity index (χ4v) is 2.31. The van der Waals surface area contributed by atoms with E-state index >= 15 is 0 Å².